The summed E-state index contributed by atoms with van der Waals surface area (Å²) >= 11 is 11.9. The lowest BCUT2D eigenvalue weighted by Gasteiger charge is -2.20. The van der Waals surface area contributed by atoms with Gasteiger partial charge in [0.1, 0.15) is 12.6 Å². The summed E-state index contributed by atoms with van der Waals surface area (Å²) in [4.78, 5) is 36.3. The van der Waals surface area contributed by atoms with E-state index in [0.717, 1.165) is 5.56 Å². The number of halogens is 2. The monoisotopic (exact) mass is 542 g/mol. The maximum atomic E-state index is 12.7. The van der Waals surface area contributed by atoms with Crippen LogP contribution in [0.5, 0.6) is 5.75 Å². The Hall–Kier alpha value is -3.95. The second-order valence-corrected chi connectivity index (χ2v) is 9.13. The first-order valence-corrected chi connectivity index (χ1v) is 11.9. The molecule has 0 bridgehead atoms. The van der Waals surface area contributed by atoms with Crippen LogP contribution in [0.15, 0.2) is 71.8 Å². The Labute approximate surface area is 223 Å². The second kappa shape index (κ2) is 12.8. The molecular weight excluding hydrogens is 519 g/mol. The molecule has 11 heteroatoms. The minimum Gasteiger partial charge on any atom is -0.482 e. The molecule has 0 saturated heterocycles. The van der Waals surface area contributed by atoms with Crippen molar-refractivity contribution in [3.05, 3.63) is 104 Å². The number of nitrogens with one attached hydrogen (secondary N) is 2. The Balaban J connectivity index is 1.65. The summed E-state index contributed by atoms with van der Waals surface area (Å²) < 4.78 is 5.62. The zero-order valence-electron chi connectivity index (χ0n) is 20.0. The molecule has 3 aromatic rings. The third-order valence-electron chi connectivity index (χ3n) is 5.22. The Bertz CT molecular complexity index is 1320. The van der Waals surface area contributed by atoms with Crippen molar-refractivity contribution in [2.45, 2.75) is 26.5 Å². The van der Waals surface area contributed by atoms with Gasteiger partial charge in [0.2, 0.25) is 0 Å². The standard InChI is InChI=1S/C26H24Cl2N4O5/c1-16(2)24(30-25(33)19-9-10-20(27)21(28)13-19)26(34)31-29-14-18-8-11-23(22(12-18)32(35)36)37-15-17-6-4-3-5-7-17/h3-14,16,24H,15H2,1-2H3,(H,30,33)(H,31,34). The van der Waals surface area contributed by atoms with E-state index in [1.165, 1.54) is 36.5 Å². The van der Waals surface area contributed by atoms with E-state index in [-0.39, 0.29) is 34.5 Å². The summed E-state index contributed by atoms with van der Waals surface area (Å²) in [6.45, 7) is 3.71. The van der Waals surface area contributed by atoms with Gasteiger partial charge in [0, 0.05) is 17.2 Å². The van der Waals surface area contributed by atoms with Gasteiger partial charge < -0.3 is 10.1 Å². The average Bonchev–Trinajstić information content (AvgIpc) is 2.88. The highest BCUT2D eigenvalue weighted by atomic mass is 35.5. The summed E-state index contributed by atoms with van der Waals surface area (Å²) in [5.41, 5.74) is 3.63. The molecule has 3 rings (SSSR count). The van der Waals surface area contributed by atoms with E-state index in [9.17, 15) is 19.7 Å². The molecule has 1 atom stereocenters. The highest BCUT2D eigenvalue weighted by Crippen LogP contribution is 2.28. The third kappa shape index (κ3) is 7.77. The number of carbonyl (C=O) groups is 2. The molecule has 0 fully saturated rings. The summed E-state index contributed by atoms with van der Waals surface area (Å²) in [5, 5.41) is 18.6. The number of ether oxygens (including phenoxy) is 1. The Morgan fingerprint density at radius 1 is 1.05 bits per heavy atom. The number of amides is 2. The van der Waals surface area contributed by atoms with Crippen LogP contribution in [-0.4, -0.2) is 29.0 Å². The van der Waals surface area contributed by atoms with Gasteiger partial charge in [0.25, 0.3) is 11.8 Å². The minimum absolute atomic E-state index is 0.111. The maximum absolute atomic E-state index is 12.7. The van der Waals surface area contributed by atoms with Crippen molar-refractivity contribution in [2.75, 3.05) is 0 Å². The predicted octanol–water partition coefficient (Wildman–Crippen LogP) is 5.39. The Morgan fingerprint density at radius 3 is 2.43 bits per heavy atom. The number of carbonyl (C=O) groups excluding carboxylic acids is 2. The van der Waals surface area contributed by atoms with Crippen LogP contribution in [0.2, 0.25) is 10.0 Å². The lowest BCUT2D eigenvalue weighted by Crippen LogP contribution is -2.48. The fourth-order valence-corrected chi connectivity index (χ4v) is 3.55. The van der Waals surface area contributed by atoms with Crippen LogP contribution in [0, 0.1) is 16.0 Å². The van der Waals surface area contributed by atoms with E-state index in [1.807, 2.05) is 30.3 Å². The van der Waals surface area contributed by atoms with Crippen molar-refractivity contribution in [1.29, 1.82) is 0 Å². The van der Waals surface area contributed by atoms with E-state index < -0.39 is 22.8 Å². The lowest BCUT2D eigenvalue weighted by atomic mass is 10.0. The molecule has 0 spiro atoms. The summed E-state index contributed by atoms with van der Waals surface area (Å²) in [6, 6.07) is 17.1. The van der Waals surface area contributed by atoms with Gasteiger partial charge in [-0.3, -0.25) is 19.7 Å². The van der Waals surface area contributed by atoms with Gasteiger partial charge in [-0.1, -0.05) is 67.4 Å². The first kappa shape index (κ1) is 27.6. The van der Waals surface area contributed by atoms with Gasteiger partial charge in [-0.15, -0.1) is 0 Å². The largest absolute Gasteiger partial charge is 0.482 e. The number of nitro benzene ring substituents is 1. The van der Waals surface area contributed by atoms with Crippen LogP contribution in [0.1, 0.15) is 35.3 Å². The van der Waals surface area contributed by atoms with Crippen molar-refractivity contribution in [2.24, 2.45) is 11.0 Å². The molecule has 0 radical (unpaired) electrons. The number of hydrogen-bond acceptors (Lipinski definition) is 6. The Kier molecular flexibility index (Phi) is 9.59. The van der Waals surface area contributed by atoms with E-state index >= 15 is 0 Å². The predicted molar refractivity (Wildman–Crippen MR) is 142 cm³/mol. The number of hydrazone groups is 1. The van der Waals surface area contributed by atoms with Crippen molar-refractivity contribution < 1.29 is 19.2 Å². The molecular formula is C26H24Cl2N4O5. The number of nitro groups is 1. The summed E-state index contributed by atoms with van der Waals surface area (Å²) in [5.74, 6) is -1.21. The first-order valence-electron chi connectivity index (χ1n) is 11.2. The quantitative estimate of drug-likeness (QED) is 0.202. The average molecular weight is 543 g/mol. The van der Waals surface area contributed by atoms with Crippen LogP contribution >= 0.6 is 23.2 Å². The van der Waals surface area contributed by atoms with Gasteiger partial charge in [-0.05, 0) is 41.8 Å². The molecule has 0 saturated carbocycles. The van der Waals surface area contributed by atoms with Crippen molar-refractivity contribution in [3.63, 3.8) is 0 Å². The van der Waals surface area contributed by atoms with Crippen LogP contribution in [-0.2, 0) is 11.4 Å². The molecule has 3 aromatic carbocycles. The molecule has 0 aromatic heterocycles. The highest BCUT2D eigenvalue weighted by Gasteiger charge is 2.25. The van der Waals surface area contributed by atoms with E-state index in [2.05, 4.69) is 15.8 Å². The normalized spacial score (nSPS) is 11.8. The molecule has 0 aliphatic rings. The zero-order valence-corrected chi connectivity index (χ0v) is 21.5. The number of nitrogens with zero attached hydrogens (tertiary/aromatic N) is 2. The molecule has 2 N–H and O–H groups in total. The number of rotatable bonds is 10. The summed E-state index contributed by atoms with van der Waals surface area (Å²) in [7, 11) is 0. The lowest BCUT2D eigenvalue weighted by molar-refractivity contribution is -0.385. The van der Waals surface area contributed by atoms with Crippen LogP contribution < -0.4 is 15.5 Å². The molecule has 1 unspecified atom stereocenters. The topological polar surface area (TPSA) is 123 Å². The van der Waals surface area contributed by atoms with Crippen LogP contribution in [0.3, 0.4) is 0 Å². The number of benzene rings is 3. The van der Waals surface area contributed by atoms with Crippen molar-refractivity contribution in [1.82, 2.24) is 10.7 Å². The molecule has 192 valence electrons. The van der Waals surface area contributed by atoms with Crippen molar-refractivity contribution >= 4 is 46.9 Å². The fraction of sp³-hybridized carbons (Fsp3) is 0.192. The van der Waals surface area contributed by atoms with Gasteiger partial charge in [0.05, 0.1) is 21.2 Å². The molecule has 9 nitrogen and oxygen atoms in total. The second-order valence-electron chi connectivity index (χ2n) is 8.32. The summed E-state index contributed by atoms with van der Waals surface area (Å²) in [6.07, 6.45) is 1.27. The molecule has 0 heterocycles. The van der Waals surface area contributed by atoms with E-state index in [4.69, 9.17) is 27.9 Å². The van der Waals surface area contributed by atoms with Crippen LogP contribution in [0.4, 0.5) is 5.69 Å². The first-order chi connectivity index (χ1) is 17.7. The van der Waals surface area contributed by atoms with Crippen molar-refractivity contribution in [3.8, 4) is 5.75 Å². The molecule has 2 amide bonds. The van der Waals surface area contributed by atoms with Crippen LogP contribution in [0.25, 0.3) is 0 Å². The zero-order chi connectivity index (χ0) is 26.9. The SMILES string of the molecule is CC(C)C(NC(=O)c1ccc(Cl)c(Cl)c1)C(=O)NN=Cc1ccc(OCc2ccccc2)c([N+](=O)[O-])c1. The minimum atomic E-state index is -0.901. The van der Waals surface area contributed by atoms with Gasteiger partial charge in [-0.2, -0.15) is 5.10 Å². The van der Waals surface area contributed by atoms with Gasteiger partial charge in [0.15, 0.2) is 5.75 Å². The maximum Gasteiger partial charge on any atom is 0.311 e. The van der Waals surface area contributed by atoms with E-state index in [1.54, 1.807) is 19.9 Å². The third-order valence-corrected chi connectivity index (χ3v) is 5.96. The Morgan fingerprint density at radius 2 is 1.78 bits per heavy atom. The fourth-order valence-electron chi connectivity index (χ4n) is 3.25. The smallest absolute Gasteiger partial charge is 0.311 e. The number of hydrogen-bond donors (Lipinski definition) is 2. The molecule has 37 heavy (non-hydrogen) atoms. The van der Waals surface area contributed by atoms with Gasteiger partial charge in [-0.25, -0.2) is 5.43 Å². The molecule has 0 aliphatic carbocycles. The van der Waals surface area contributed by atoms with Gasteiger partial charge >= 0.3 is 5.69 Å². The molecule has 0 aliphatic heterocycles. The van der Waals surface area contributed by atoms with E-state index in [0.29, 0.717) is 10.6 Å². The highest BCUT2D eigenvalue weighted by molar-refractivity contribution is 6.42.